The van der Waals surface area contributed by atoms with Gasteiger partial charge in [0.05, 0.1) is 12.7 Å². The number of hydrogen-bond acceptors (Lipinski definition) is 4. The Morgan fingerprint density at radius 1 is 1.37 bits per heavy atom. The lowest BCUT2D eigenvalue weighted by Crippen LogP contribution is -1.99. The summed E-state index contributed by atoms with van der Waals surface area (Å²) in [6, 6.07) is 8.30. The molecule has 96 valence electrons. The van der Waals surface area contributed by atoms with Crippen LogP contribution in [0, 0.1) is 24.1 Å². The van der Waals surface area contributed by atoms with E-state index < -0.39 is 5.82 Å². The Hall–Kier alpha value is -2.61. The molecular formula is C14H12FN3O. The van der Waals surface area contributed by atoms with Gasteiger partial charge in [0.1, 0.15) is 11.9 Å². The van der Waals surface area contributed by atoms with Crippen LogP contribution in [0.5, 0.6) is 5.75 Å². The molecule has 2 rings (SSSR count). The minimum Gasteiger partial charge on any atom is -0.494 e. The van der Waals surface area contributed by atoms with E-state index in [1.54, 1.807) is 18.3 Å². The summed E-state index contributed by atoms with van der Waals surface area (Å²) in [6.07, 6.45) is 1.60. The van der Waals surface area contributed by atoms with Crippen LogP contribution in [-0.4, -0.2) is 12.1 Å². The maximum atomic E-state index is 13.6. The smallest absolute Gasteiger partial charge is 0.167 e. The molecule has 0 aliphatic carbocycles. The first-order valence-corrected chi connectivity index (χ1v) is 5.62. The highest BCUT2D eigenvalue weighted by molar-refractivity contribution is 5.64. The van der Waals surface area contributed by atoms with Crippen LogP contribution in [0.25, 0.3) is 0 Å². The number of pyridine rings is 1. The molecule has 0 aliphatic heterocycles. The lowest BCUT2D eigenvalue weighted by Gasteiger charge is -2.09. The van der Waals surface area contributed by atoms with E-state index in [-0.39, 0.29) is 5.75 Å². The van der Waals surface area contributed by atoms with Gasteiger partial charge in [0, 0.05) is 18.0 Å². The quantitative estimate of drug-likeness (QED) is 0.917. The van der Waals surface area contributed by atoms with Gasteiger partial charge in [-0.15, -0.1) is 0 Å². The SMILES string of the molecule is COc1ccc(Nc2nccc(C)c2C#N)cc1F. The Morgan fingerprint density at radius 3 is 2.79 bits per heavy atom. The molecule has 0 unspecified atom stereocenters. The molecule has 19 heavy (non-hydrogen) atoms. The number of ether oxygens (including phenoxy) is 1. The summed E-state index contributed by atoms with van der Waals surface area (Å²) in [5, 5.41) is 12.0. The zero-order valence-corrected chi connectivity index (χ0v) is 10.6. The molecule has 2 aromatic rings. The lowest BCUT2D eigenvalue weighted by molar-refractivity contribution is 0.386. The fraction of sp³-hybridized carbons (Fsp3) is 0.143. The fourth-order valence-corrected chi connectivity index (χ4v) is 1.68. The molecule has 0 atom stereocenters. The molecule has 0 amide bonds. The van der Waals surface area contributed by atoms with Crippen LogP contribution in [-0.2, 0) is 0 Å². The minimum atomic E-state index is -0.473. The molecule has 1 heterocycles. The summed E-state index contributed by atoms with van der Waals surface area (Å²) in [6.45, 7) is 1.82. The van der Waals surface area contributed by atoms with E-state index in [1.807, 2.05) is 6.92 Å². The first-order valence-electron chi connectivity index (χ1n) is 5.62. The van der Waals surface area contributed by atoms with Crippen LogP contribution in [0.2, 0.25) is 0 Å². The maximum absolute atomic E-state index is 13.6. The van der Waals surface area contributed by atoms with Crippen molar-refractivity contribution in [2.45, 2.75) is 6.92 Å². The molecule has 0 aliphatic rings. The van der Waals surface area contributed by atoms with Crippen molar-refractivity contribution in [1.82, 2.24) is 4.98 Å². The summed E-state index contributed by atoms with van der Waals surface area (Å²) in [4.78, 5) is 4.09. The number of rotatable bonds is 3. The minimum absolute atomic E-state index is 0.170. The Balaban J connectivity index is 2.34. The number of anilines is 2. The Bertz CT molecular complexity index is 650. The van der Waals surface area contributed by atoms with E-state index in [0.717, 1.165) is 5.56 Å². The standard InChI is InChI=1S/C14H12FN3O/c1-9-5-6-17-14(11(9)8-16)18-10-3-4-13(19-2)12(15)7-10/h3-7H,1-2H3,(H,17,18). The number of nitriles is 1. The summed E-state index contributed by atoms with van der Waals surface area (Å²) in [7, 11) is 1.40. The van der Waals surface area contributed by atoms with Crippen molar-refractivity contribution >= 4 is 11.5 Å². The third kappa shape index (κ3) is 2.63. The second-order valence-electron chi connectivity index (χ2n) is 3.94. The predicted molar refractivity (Wildman–Crippen MR) is 69.9 cm³/mol. The van der Waals surface area contributed by atoms with E-state index in [2.05, 4.69) is 16.4 Å². The normalized spacial score (nSPS) is 9.79. The number of halogens is 1. The molecule has 1 N–H and O–H groups in total. The highest BCUT2D eigenvalue weighted by Gasteiger charge is 2.08. The number of nitrogens with one attached hydrogen (secondary N) is 1. The van der Waals surface area contributed by atoms with Gasteiger partial charge in [0.15, 0.2) is 11.6 Å². The predicted octanol–water partition coefficient (Wildman–Crippen LogP) is 3.15. The molecule has 0 saturated heterocycles. The summed E-state index contributed by atoms with van der Waals surface area (Å²) >= 11 is 0. The van der Waals surface area contributed by atoms with Crippen LogP contribution < -0.4 is 10.1 Å². The number of nitrogens with zero attached hydrogens (tertiary/aromatic N) is 2. The van der Waals surface area contributed by atoms with Gasteiger partial charge in [-0.1, -0.05) is 0 Å². The zero-order valence-electron chi connectivity index (χ0n) is 10.6. The highest BCUT2D eigenvalue weighted by atomic mass is 19.1. The fourth-order valence-electron chi connectivity index (χ4n) is 1.68. The van der Waals surface area contributed by atoms with Crippen LogP contribution in [0.15, 0.2) is 30.5 Å². The van der Waals surface area contributed by atoms with Gasteiger partial charge in [0.2, 0.25) is 0 Å². The number of methoxy groups -OCH3 is 1. The van der Waals surface area contributed by atoms with E-state index in [0.29, 0.717) is 17.1 Å². The molecule has 1 aromatic carbocycles. The van der Waals surface area contributed by atoms with Crippen molar-refractivity contribution in [3.63, 3.8) is 0 Å². The van der Waals surface area contributed by atoms with Crippen molar-refractivity contribution in [3.8, 4) is 11.8 Å². The van der Waals surface area contributed by atoms with Crippen molar-refractivity contribution in [3.05, 3.63) is 47.4 Å². The van der Waals surface area contributed by atoms with Crippen LogP contribution in [0.1, 0.15) is 11.1 Å². The second-order valence-corrected chi connectivity index (χ2v) is 3.94. The number of benzene rings is 1. The zero-order chi connectivity index (χ0) is 13.8. The molecular weight excluding hydrogens is 245 g/mol. The van der Waals surface area contributed by atoms with Crippen molar-refractivity contribution in [2.24, 2.45) is 0 Å². The molecule has 0 radical (unpaired) electrons. The first kappa shape index (κ1) is 12.8. The van der Waals surface area contributed by atoms with Crippen molar-refractivity contribution in [2.75, 3.05) is 12.4 Å². The van der Waals surface area contributed by atoms with Gasteiger partial charge >= 0.3 is 0 Å². The molecule has 0 bridgehead atoms. The van der Waals surface area contributed by atoms with Crippen LogP contribution in [0.4, 0.5) is 15.9 Å². The average Bonchev–Trinajstić information content (AvgIpc) is 2.39. The summed E-state index contributed by atoms with van der Waals surface area (Å²) in [5.74, 6) is 0.106. The van der Waals surface area contributed by atoms with Gasteiger partial charge in [-0.2, -0.15) is 5.26 Å². The van der Waals surface area contributed by atoms with E-state index in [9.17, 15) is 4.39 Å². The topological polar surface area (TPSA) is 57.9 Å². The molecule has 0 spiro atoms. The van der Waals surface area contributed by atoms with Gasteiger partial charge in [-0.05, 0) is 30.7 Å². The van der Waals surface area contributed by atoms with Crippen molar-refractivity contribution < 1.29 is 9.13 Å². The molecule has 0 saturated carbocycles. The summed E-state index contributed by atoms with van der Waals surface area (Å²) in [5.41, 5.74) is 1.76. The monoisotopic (exact) mass is 257 g/mol. The van der Waals surface area contributed by atoms with Gasteiger partial charge in [-0.3, -0.25) is 0 Å². The van der Waals surface area contributed by atoms with Gasteiger partial charge < -0.3 is 10.1 Å². The molecule has 4 nitrogen and oxygen atoms in total. The second kappa shape index (κ2) is 5.36. The lowest BCUT2D eigenvalue weighted by atomic mass is 10.1. The number of hydrogen-bond donors (Lipinski definition) is 1. The third-order valence-electron chi connectivity index (χ3n) is 2.69. The first-order chi connectivity index (χ1) is 9.15. The van der Waals surface area contributed by atoms with Crippen LogP contribution in [0.3, 0.4) is 0 Å². The average molecular weight is 257 g/mol. The largest absolute Gasteiger partial charge is 0.494 e. The molecule has 5 heteroatoms. The number of aryl methyl sites for hydroxylation is 1. The Kier molecular flexibility index (Phi) is 3.62. The third-order valence-corrected chi connectivity index (χ3v) is 2.69. The number of aromatic nitrogens is 1. The van der Waals surface area contributed by atoms with Gasteiger partial charge in [0.25, 0.3) is 0 Å². The molecule has 1 aromatic heterocycles. The Morgan fingerprint density at radius 2 is 2.16 bits per heavy atom. The maximum Gasteiger partial charge on any atom is 0.167 e. The van der Waals surface area contributed by atoms with Crippen LogP contribution >= 0.6 is 0 Å². The highest BCUT2D eigenvalue weighted by Crippen LogP contribution is 2.24. The van der Waals surface area contributed by atoms with E-state index in [4.69, 9.17) is 10.00 Å². The van der Waals surface area contributed by atoms with Gasteiger partial charge in [-0.25, -0.2) is 9.37 Å². The molecule has 0 fully saturated rings. The van der Waals surface area contributed by atoms with Crippen molar-refractivity contribution in [1.29, 1.82) is 5.26 Å². The summed E-state index contributed by atoms with van der Waals surface area (Å²) < 4.78 is 18.4. The Labute approximate surface area is 110 Å². The van der Waals surface area contributed by atoms with E-state index >= 15 is 0 Å². The van der Waals surface area contributed by atoms with E-state index in [1.165, 1.54) is 19.2 Å².